The monoisotopic (exact) mass is 378 g/mol. The van der Waals surface area contributed by atoms with Crippen molar-refractivity contribution in [2.24, 2.45) is 0 Å². The number of halogens is 3. The van der Waals surface area contributed by atoms with Crippen molar-refractivity contribution in [2.45, 2.75) is 50.2 Å². The third kappa shape index (κ3) is 4.81. The van der Waals surface area contributed by atoms with Crippen molar-refractivity contribution in [1.82, 2.24) is 19.7 Å². The Morgan fingerprint density at radius 1 is 1.28 bits per heavy atom. The standard InChI is InChI=1S/C15H21F3N4O2S/c16-15(17,18)9-24-8-5-12(23)21-6-3-10(4-7-21)13-19-20-14(25)22(13)11-1-2-11/h10-11H,1-9H2,(H,20,25). The molecule has 140 valence electrons. The topological polar surface area (TPSA) is 63.1 Å². The molecule has 0 aromatic carbocycles. The van der Waals surface area contributed by atoms with Crippen molar-refractivity contribution in [3.8, 4) is 0 Å². The number of H-pyrrole nitrogens is 1. The number of carbonyl (C=O) groups excluding carboxylic acids is 1. The van der Waals surface area contributed by atoms with Crippen LogP contribution in [0.25, 0.3) is 0 Å². The number of aromatic nitrogens is 3. The van der Waals surface area contributed by atoms with E-state index in [1.54, 1.807) is 4.90 Å². The van der Waals surface area contributed by atoms with E-state index in [-0.39, 0.29) is 24.9 Å². The van der Waals surface area contributed by atoms with Gasteiger partial charge in [-0.25, -0.2) is 0 Å². The van der Waals surface area contributed by atoms with E-state index in [0.717, 1.165) is 31.5 Å². The molecule has 1 N–H and O–H groups in total. The van der Waals surface area contributed by atoms with Gasteiger partial charge in [0, 0.05) is 25.0 Å². The van der Waals surface area contributed by atoms with Gasteiger partial charge >= 0.3 is 6.18 Å². The Labute approximate surface area is 148 Å². The summed E-state index contributed by atoms with van der Waals surface area (Å²) in [6.45, 7) is -0.370. The summed E-state index contributed by atoms with van der Waals surface area (Å²) in [6, 6.07) is 0.451. The Morgan fingerprint density at radius 2 is 1.96 bits per heavy atom. The largest absolute Gasteiger partial charge is 0.411 e. The van der Waals surface area contributed by atoms with Crippen molar-refractivity contribution in [2.75, 3.05) is 26.3 Å². The van der Waals surface area contributed by atoms with E-state index in [9.17, 15) is 18.0 Å². The lowest BCUT2D eigenvalue weighted by Crippen LogP contribution is -2.38. The zero-order valence-electron chi connectivity index (χ0n) is 13.7. The number of alkyl halides is 3. The Kier molecular flexibility index (Phi) is 5.47. The molecule has 10 heteroatoms. The second-order valence-corrected chi connectivity index (χ2v) is 6.95. The van der Waals surface area contributed by atoms with Gasteiger partial charge < -0.3 is 14.2 Å². The molecule has 1 aromatic heterocycles. The van der Waals surface area contributed by atoms with Crippen LogP contribution in [0.4, 0.5) is 13.2 Å². The van der Waals surface area contributed by atoms with Crippen LogP contribution >= 0.6 is 12.2 Å². The first-order valence-electron chi connectivity index (χ1n) is 8.44. The number of ether oxygens (including phenoxy) is 1. The number of aromatic amines is 1. The lowest BCUT2D eigenvalue weighted by atomic mass is 9.95. The molecule has 2 fully saturated rings. The van der Waals surface area contributed by atoms with Crippen LogP contribution in [-0.4, -0.2) is 58.1 Å². The van der Waals surface area contributed by atoms with Gasteiger partial charge in [-0.3, -0.25) is 9.89 Å². The van der Waals surface area contributed by atoms with E-state index in [1.165, 1.54) is 0 Å². The van der Waals surface area contributed by atoms with Crippen LogP contribution in [0.1, 0.15) is 49.9 Å². The number of piperidine rings is 1. The molecule has 1 saturated carbocycles. The van der Waals surface area contributed by atoms with Gasteiger partial charge in [0.1, 0.15) is 12.4 Å². The maximum atomic E-state index is 12.1. The van der Waals surface area contributed by atoms with E-state index >= 15 is 0 Å². The maximum absolute atomic E-state index is 12.1. The van der Waals surface area contributed by atoms with Gasteiger partial charge in [-0.1, -0.05) is 0 Å². The molecule has 0 radical (unpaired) electrons. The van der Waals surface area contributed by atoms with Crippen molar-refractivity contribution in [3.63, 3.8) is 0 Å². The quantitative estimate of drug-likeness (QED) is 0.611. The van der Waals surface area contributed by atoms with Crippen LogP contribution in [0.2, 0.25) is 0 Å². The number of nitrogens with zero attached hydrogens (tertiary/aromatic N) is 3. The van der Waals surface area contributed by atoms with E-state index in [0.29, 0.717) is 23.9 Å². The molecule has 0 bridgehead atoms. The number of nitrogens with one attached hydrogen (secondary N) is 1. The molecule has 1 aliphatic carbocycles. The Bertz CT molecular complexity index is 660. The second kappa shape index (κ2) is 7.45. The number of rotatable bonds is 6. The number of amides is 1. The van der Waals surface area contributed by atoms with Crippen LogP contribution in [0.5, 0.6) is 0 Å². The molecular formula is C15H21F3N4O2S. The lowest BCUT2D eigenvalue weighted by Gasteiger charge is -2.31. The third-order valence-corrected chi connectivity index (χ3v) is 4.87. The van der Waals surface area contributed by atoms with Gasteiger partial charge in [-0.05, 0) is 37.9 Å². The van der Waals surface area contributed by atoms with Crippen molar-refractivity contribution in [3.05, 3.63) is 10.6 Å². The summed E-state index contributed by atoms with van der Waals surface area (Å²) in [7, 11) is 0. The van der Waals surface area contributed by atoms with E-state index in [4.69, 9.17) is 12.2 Å². The highest BCUT2D eigenvalue weighted by Crippen LogP contribution is 2.38. The minimum absolute atomic E-state index is 0.0263. The Balaban J connectivity index is 1.46. The van der Waals surface area contributed by atoms with Gasteiger partial charge in [0.15, 0.2) is 4.77 Å². The summed E-state index contributed by atoms with van der Waals surface area (Å²) in [5, 5.41) is 7.23. The third-order valence-electron chi connectivity index (χ3n) is 4.58. The summed E-state index contributed by atoms with van der Waals surface area (Å²) in [5.41, 5.74) is 0. The zero-order valence-corrected chi connectivity index (χ0v) is 14.5. The van der Waals surface area contributed by atoms with Crippen LogP contribution in [0.3, 0.4) is 0 Å². The average Bonchev–Trinajstić information content (AvgIpc) is 3.33. The summed E-state index contributed by atoms with van der Waals surface area (Å²) in [4.78, 5) is 13.8. The fourth-order valence-corrected chi connectivity index (χ4v) is 3.47. The van der Waals surface area contributed by atoms with Crippen molar-refractivity contribution >= 4 is 18.1 Å². The van der Waals surface area contributed by atoms with E-state index in [2.05, 4.69) is 19.5 Å². The second-order valence-electron chi connectivity index (χ2n) is 6.56. The lowest BCUT2D eigenvalue weighted by molar-refractivity contribution is -0.175. The molecular weight excluding hydrogens is 357 g/mol. The minimum Gasteiger partial charge on any atom is -0.372 e. The Hall–Kier alpha value is -1.42. The number of hydrogen-bond acceptors (Lipinski definition) is 4. The van der Waals surface area contributed by atoms with E-state index in [1.807, 2.05) is 0 Å². The summed E-state index contributed by atoms with van der Waals surface area (Å²) in [5.74, 6) is 1.05. The fourth-order valence-electron chi connectivity index (χ4n) is 3.18. The molecule has 2 aliphatic rings. The normalized spacial score (nSPS) is 19.4. The SMILES string of the molecule is O=C(CCOCC(F)(F)F)N1CCC(c2n[nH]c(=S)n2C2CC2)CC1. The molecule has 0 unspecified atom stereocenters. The average molecular weight is 378 g/mol. The molecule has 1 saturated heterocycles. The molecule has 6 nitrogen and oxygen atoms in total. The predicted molar refractivity (Wildman–Crippen MR) is 85.7 cm³/mol. The Morgan fingerprint density at radius 3 is 2.56 bits per heavy atom. The van der Waals surface area contributed by atoms with Crippen LogP contribution in [0, 0.1) is 4.77 Å². The molecule has 3 rings (SSSR count). The molecule has 1 amide bonds. The first kappa shape index (κ1) is 18.4. The van der Waals surface area contributed by atoms with Crippen LogP contribution in [0.15, 0.2) is 0 Å². The van der Waals surface area contributed by atoms with Gasteiger partial charge in [0.2, 0.25) is 5.91 Å². The van der Waals surface area contributed by atoms with Gasteiger partial charge in [0.25, 0.3) is 0 Å². The van der Waals surface area contributed by atoms with E-state index < -0.39 is 12.8 Å². The minimum atomic E-state index is -4.36. The predicted octanol–water partition coefficient (Wildman–Crippen LogP) is 2.95. The smallest absolute Gasteiger partial charge is 0.372 e. The van der Waals surface area contributed by atoms with Crippen LogP contribution < -0.4 is 0 Å². The zero-order chi connectivity index (χ0) is 18.0. The highest BCUT2D eigenvalue weighted by Gasteiger charge is 2.32. The highest BCUT2D eigenvalue weighted by molar-refractivity contribution is 7.71. The number of likely N-dealkylation sites (tertiary alicyclic amines) is 1. The number of carbonyl (C=O) groups is 1. The molecule has 0 spiro atoms. The first-order chi connectivity index (χ1) is 11.8. The molecule has 2 heterocycles. The summed E-state index contributed by atoms with van der Waals surface area (Å²) >= 11 is 5.29. The van der Waals surface area contributed by atoms with Gasteiger partial charge in [0.05, 0.1) is 13.0 Å². The van der Waals surface area contributed by atoms with Gasteiger partial charge in [-0.2, -0.15) is 18.3 Å². The summed E-state index contributed by atoms with van der Waals surface area (Å²) in [6.07, 6.45) is -0.581. The molecule has 1 aliphatic heterocycles. The van der Waals surface area contributed by atoms with Crippen molar-refractivity contribution in [1.29, 1.82) is 0 Å². The molecule has 1 aromatic rings. The fraction of sp³-hybridized carbons (Fsp3) is 0.800. The molecule has 25 heavy (non-hydrogen) atoms. The molecule has 0 atom stereocenters. The maximum Gasteiger partial charge on any atom is 0.411 e. The number of hydrogen-bond donors (Lipinski definition) is 1. The first-order valence-corrected chi connectivity index (χ1v) is 8.85. The highest BCUT2D eigenvalue weighted by atomic mass is 32.1. The summed E-state index contributed by atoms with van der Waals surface area (Å²) < 4.78 is 43.2. The van der Waals surface area contributed by atoms with Crippen LogP contribution in [-0.2, 0) is 9.53 Å². The van der Waals surface area contributed by atoms with Crippen molar-refractivity contribution < 1.29 is 22.7 Å². The van der Waals surface area contributed by atoms with Gasteiger partial charge in [-0.15, -0.1) is 0 Å².